The molecule has 0 N–H and O–H groups in total. The van der Waals surface area contributed by atoms with E-state index in [1.165, 1.54) is 22.3 Å². The van der Waals surface area contributed by atoms with Gasteiger partial charge in [0.2, 0.25) is 0 Å². The number of benzene rings is 1. The predicted molar refractivity (Wildman–Crippen MR) is 64.7 cm³/mol. The number of hydrogen-bond acceptors (Lipinski definition) is 0. The lowest BCUT2D eigenvalue weighted by Crippen LogP contribution is -1.96. The standard InChI is InChI=1S/C14H20/c1-6-7-14-11(4)8-9-13(10(2)3)12(14)5/h6-10H,1-5H3/b7-6-. The summed E-state index contributed by atoms with van der Waals surface area (Å²) in [6.45, 7) is 11.0. The molecular weight excluding hydrogens is 168 g/mol. The SMILES string of the molecule is C/C=C\c1c(C)ccc(C(C)C)c1C. The Hall–Kier alpha value is -1.04. The van der Waals surface area contributed by atoms with E-state index in [4.69, 9.17) is 0 Å². The topological polar surface area (TPSA) is 0 Å². The highest BCUT2D eigenvalue weighted by molar-refractivity contribution is 5.59. The maximum Gasteiger partial charge on any atom is -0.0198 e. The largest absolute Gasteiger partial charge is 0.0870 e. The lowest BCUT2D eigenvalue weighted by molar-refractivity contribution is 0.855. The Morgan fingerprint density at radius 3 is 2.29 bits per heavy atom. The molecule has 0 aromatic heterocycles. The van der Waals surface area contributed by atoms with Gasteiger partial charge in [-0.3, -0.25) is 0 Å². The second kappa shape index (κ2) is 4.45. The molecule has 0 nitrogen and oxygen atoms in total. The minimum absolute atomic E-state index is 0.611. The zero-order valence-corrected chi connectivity index (χ0v) is 9.89. The van der Waals surface area contributed by atoms with Crippen molar-refractivity contribution < 1.29 is 0 Å². The van der Waals surface area contributed by atoms with E-state index in [-0.39, 0.29) is 0 Å². The molecule has 0 saturated heterocycles. The Kier molecular flexibility index (Phi) is 3.51. The molecule has 0 heteroatoms. The summed E-state index contributed by atoms with van der Waals surface area (Å²) in [6, 6.07) is 4.47. The fourth-order valence-electron chi connectivity index (χ4n) is 1.93. The fraction of sp³-hybridized carbons (Fsp3) is 0.429. The summed E-state index contributed by atoms with van der Waals surface area (Å²) < 4.78 is 0. The molecule has 0 saturated carbocycles. The lowest BCUT2D eigenvalue weighted by Gasteiger charge is -2.14. The second-order valence-electron chi connectivity index (χ2n) is 4.17. The monoisotopic (exact) mass is 188 g/mol. The van der Waals surface area contributed by atoms with Crippen LogP contribution in [0.2, 0.25) is 0 Å². The Balaban J connectivity index is 3.33. The fourth-order valence-corrected chi connectivity index (χ4v) is 1.93. The first-order valence-electron chi connectivity index (χ1n) is 5.30. The van der Waals surface area contributed by atoms with Crippen molar-refractivity contribution in [3.8, 4) is 0 Å². The van der Waals surface area contributed by atoms with Crippen LogP contribution in [0.3, 0.4) is 0 Å². The molecule has 14 heavy (non-hydrogen) atoms. The van der Waals surface area contributed by atoms with E-state index in [1.54, 1.807) is 0 Å². The quantitative estimate of drug-likeness (QED) is 0.642. The highest BCUT2D eigenvalue weighted by Crippen LogP contribution is 2.25. The normalized spacial score (nSPS) is 11.6. The summed E-state index contributed by atoms with van der Waals surface area (Å²) in [6.07, 6.45) is 4.32. The van der Waals surface area contributed by atoms with Crippen LogP contribution < -0.4 is 0 Å². The average Bonchev–Trinajstić information content (AvgIpc) is 2.11. The molecule has 0 radical (unpaired) electrons. The third-order valence-electron chi connectivity index (χ3n) is 2.73. The molecule has 0 unspecified atom stereocenters. The molecule has 0 fully saturated rings. The van der Waals surface area contributed by atoms with E-state index in [0.29, 0.717) is 5.92 Å². The van der Waals surface area contributed by atoms with Crippen LogP contribution in [0.4, 0.5) is 0 Å². The molecule has 0 spiro atoms. The van der Waals surface area contributed by atoms with Gasteiger partial charge in [0, 0.05) is 0 Å². The Morgan fingerprint density at radius 1 is 1.14 bits per heavy atom. The van der Waals surface area contributed by atoms with Crippen molar-refractivity contribution in [2.45, 2.75) is 40.5 Å². The minimum Gasteiger partial charge on any atom is -0.0870 e. The summed E-state index contributed by atoms with van der Waals surface area (Å²) in [4.78, 5) is 0. The van der Waals surface area contributed by atoms with Gasteiger partial charge < -0.3 is 0 Å². The smallest absolute Gasteiger partial charge is 0.0198 e. The third-order valence-corrected chi connectivity index (χ3v) is 2.73. The lowest BCUT2D eigenvalue weighted by atomic mass is 9.91. The zero-order valence-electron chi connectivity index (χ0n) is 9.89. The van der Waals surface area contributed by atoms with Crippen LogP contribution in [-0.4, -0.2) is 0 Å². The van der Waals surface area contributed by atoms with Crippen molar-refractivity contribution in [1.29, 1.82) is 0 Å². The van der Waals surface area contributed by atoms with Gasteiger partial charge in [-0.2, -0.15) is 0 Å². The summed E-state index contributed by atoms with van der Waals surface area (Å²) in [5.74, 6) is 0.611. The first kappa shape index (κ1) is 11.0. The van der Waals surface area contributed by atoms with E-state index in [0.717, 1.165) is 0 Å². The molecule has 0 aliphatic carbocycles. The zero-order chi connectivity index (χ0) is 10.7. The summed E-state index contributed by atoms with van der Waals surface area (Å²) >= 11 is 0. The maximum atomic E-state index is 2.25. The van der Waals surface area contributed by atoms with Crippen molar-refractivity contribution in [2.24, 2.45) is 0 Å². The van der Waals surface area contributed by atoms with Crippen molar-refractivity contribution >= 4 is 6.08 Å². The predicted octanol–water partition coefficient (Wildman–Crippen LogP) is 4.46. The Labute approximate surface area is 87.7 Å². The van der Waals surface area contributed by atoms with Gasteiger partial charge in [0.05, 0.1) is 0 Å². The van der Waals surface area contributed by atoms with Crippen LogP contribution in [0.1, 0.15) is 48.9 Å². The minimum atomic E-state index is 0.611. The van der Waals surface area contributed by atoms with E-state index >= 15 is 0 Å². The van der Waals surface area contributed by atoms with Crippen molar-refractivity contribution in [3.05, 3.63) is 40.5 Å². The first-order valence-corrected chi connectivity index (χ1v) is 5.30. The molecule has 1 aromatic rings. The van der Waals surface area contributed by atoms with Crippen LogP contribution in [0.5, 0.6) is 0 Å². The number of hydrogen-bond donors (Lipinski definition) is 0. The van der Waals surface area contributed by atoms with Gasteiger partial charge in [-0.25, -0.2) is 0 Å². The van der Waals surface area contributed by atoms with Crippen LogP contribution in [0.15, 0.2) is 18.2 Å². The van der Waals surface area contributed by atoms with E-state index in [9.17, 15) is 0 Å². The van der Waals surface area contributed by atoms with E-state index < -0.39 is 0 Å². The molecule has 1 aromatic carbocycles. The van der Waals surface area contributed by atoms with Crippen molar-refractivity contribution in [2.75, 3.05) is 0 Å². The van der Waals surface area contributed by atoms with E-state index in [1.807, 2.05) is 0 Å². The van der Waals surface area contributed by atoms with Gasteiger partial charge in [0.1, 0.15) is 0 Å². The molecular formula is C14H20. The second-order valence-corrected chi connectivity index (χ2v) is 4.17. The van der Waals surface area contributed by atoms with E-state index in [2.05, 4.69) is 58.9 Å². The van der Waals surface area contributed by atoms with Gasteiger partial charge in [-0.05, 0) is 48.9 Å². The van der Waals surface area contributed by atoms with Gasteiger partial charge in [0.25, 0.3) is 0 Å². The third kappa shape index (κ3) is 2.06. The van der Waals surface area contributed by atoms with Crippen LogP contribution in [0.25, 0.3) is 6.08 Å². The Bertz CT molecular complexity index is 343. The van der Waals surface area contributed by atoms with Crippen LogP contribution >= 0.6 is 0 Å². The summed E-state index contributed by atoms with van der Waals surface area (Å²) in [5.41, 5.74) is 5.64. The number of rotatable bonds is 2. The maximum absolute atomic E-state index is 2.25. The highest BCUT2D eigenvalue weighted by Gasteiger charge is 2.07. The van der Waals surface area contributed by atoms with Gasteiger partial charge in [0.15, 0.2) is 0 Å². The van der Waals surface area contributed by atoms with Crippen LogP contribution in [0, 0.1) is 13.8 Å². The average molecular weight is 188 g/mol. The number of allylic oxidation sites excluding steroid dienone is 1. The molecule has 0 heterocycles. The molecule has 1 rings (SSSR count). The molecule has 0 atom stereocenters. The first-order chi connectivity index (χ1) is 6.57. The Morgan fingerprint density at radius 2 is 1.79 bits per heavy atom. The van der Waals surface area contributed by atoms with Crippen molar-refractivity contribution in [1.82, 2.24) is 0 Å². The van der Waals surface area contributed by atoms with Gasteiger partial charge in [-0.15, -0.1) is 0 Å². The van der Waals surface area contributed by atoms with Gasteiger partial charge >= 0.3 is 0 Å². The molecule has 0 bridgehead atoms. The summed E-state index contributed by atoms with van der Waals surface area (Å²) in [7, 11) is 0. The molecule has 0 amide bonds. The van der Waals surface area contributed by atoms with Crippen molar-refractivity contribution in [3.63, 3.8) is 0 Å². The molecule has 0 aliphatic rings. The highest BCUT2D eigenvalue weighted by atomic mass is 14.1. The van der Waals surface area contributed by atoms with Crippen LogP contribution in [-0.2, 0) is 0 Å². The molecule has 76 valence electrons. The van der Waals surface area contributed by atoms with Gasteiger partial charge in [-0.1, -0.05) is 38.1 Å². The molecule has 0 aliphatic heterocycles. The number of aryl methyl sites for hydroxylation is 1. The summed E-state index contributed by atoms with van der Waals surface area (Å²) in [5, 5.41) is 0.